The fourth-order valence-electron chi connectivity index (χ4n) is 0.809. The number of nitrogen functional groups attached to an aromatic ring is 1. The summed E-state index contributed by atoms with van der Waals surface area (Å²) in [6, 6.07) is 1.94. The Morgan fingerprint density at radius 1 is 1.60 bits per heavy atom. The first kappa shape index (κ1) is 7.49. The monoisotopic (exact) mass is 154 g/mol. The van der Waals surface area contributed by atoms with Crippen LogP contribution in [-0.4, -0.2) is 11.6 Å². The molecule has 0 aliphatic carbocycles. The van der Waals surface area contributed by atoms with E-state index in [1.54, 1.807) is 0 Å². The van der Waals surface area contributed by atoms with Crippen molar-refractivity contribution in [3.8, 4) is 0 Å². The Kier molecular flexibility index (Phi) is 2.23. The Labute approximate surface area is 62.6 Å². The number of pyridine rings is 1. The van der Waals surface area contributed by atoms with Gasteiger partial charge in [-0.15, -0.1) is 0 Å². The molecule has 1 rings (SSSR count). The van der Waals surface area contributed by atoms with Crippen LogP contribution in [0.1, 0.15) is 5.56 Å². The lowest BCUT2D eigenvalue weighted by molar-refractivity contribution is 1.30. The Bertz CT molecular complexity index is 235. The minimum absolute atomic E-state index is 0.620. The Hall–Kier alpha value is -0.620. The molecule has 1 unspecified atom stereocenters. The first-order valence-corrected chi connectivity index (χ1v) is 4.64. The van der Waals surface area contributed by atoms with E-state index in [2.05, 4.69) is 18.6 Å². The third-order valence-electron chi connectivity index (χ3n) is 1.39. The number of anilines is 1. The van der Waals surface area contributed by atoms with Crippen molar-refractivity contribution in [2.75, 3.05) is 12.4 Å². The van der Waals surface area contributed by atoms with Gasteiger partial charge in [-0.2, -0.15) is 0 Å². The third kappa shape index (κ3) is 1.45. The summed E-state index contributed by atoms with van der Waals surface area (Å²) in [4.78, 5) is 3.97. The van der Waals surface area contributed by atoms with Crippen molar-refractivity contribution >= 4 is 19.7 Å². The number of nitrogens with two attached hydrogens (primary N) is 1. The molecule has 0 aliphatic heterocycles. The highest BCUT2D eigenvalue weighted by Crippen LogP contribution is 2.08. The van der Waals surface area contributed by atoms with Crippen LogP contribution >= 0.6 is 8.58 Å². The average Bonchev–Trinajstić information content (AvgIpc) is 1.94. The van der Waals surface area contributed by atoms with Gasteiger partial charge in [0.2, 0.25) is 0 Å². The van der Waals surface area contributed by atoms with Gasteiger partial charge in [-0.1, -0.05) is 8.58 Å². The summed E-state index contributed by atoms with van der Waals surface area (Å²) in [6.45, 7) is 4.19. The second-order valence-corrected chi connectivity index (χ2v) is 3.21. The summed E-state index contributed by atoms with van der Waals surface area (Å²) in [5.41, 5.74) is 6.73. The van der Waals surface area contributed by atoms with Gasteiger partial charge in [0.1, 0.15) is 5.82 Å². The minimum atomic E-state index is 0.620. The molecule has 0 spiro atoms. The molecule has 0 saturated carbocycles. The van der Waals surface area contributed by atoms with Crippen molar-refractivity contribution in [3.63, 3.8) is 0 Å². The van der Waals surface area contributed by atoms with E-state index in [0.717, 1.165) is 8.58 Å². The molecular weight excluding hydrogens is 143 g/mol. The van der Waals surface area contributed by atoms with Crippen LogP contribution in [0.4, 0.5) is 5.82 Å². The van der Waals surface area contributed by atoms with Crippen LogP contribution in [0.2, 0.25) is 0 Å². The lowest BCUT2D eigenvalue weighted by Crippen LogP contribution is -2.03. The highest BCUT2D eigenvalue weighted by Gasteiger charge is 1.95. The summed E-state index contributed by atoms with van der Waals surface area (Å²) in [5.74, 6) is 0.620. The Morgan fingerprint density at radius 3 is 2.80 bits per heavy atom. The summed E-state index contributed by atoms with van der Waals surface area (Å²) < 4.78 is 0. The second kappa shape index (κ2) is 2.98. The van der Waals surface area contributed by atoms with E-state index in [-0.39, 0.29) is 0 Å². The normalized spacial score (nSPS) is 11.0. The van der Waals surface area contributed by atoms with Crippen molar-refractivity contribution in [2.24, 2.45) is 0 Å². The number of nitrogens with zero attached hydrogens (tertiary/aromatic N) is 1. The van der Waals surface area contributed by atoms with Gasteiger partial charge >= 0.3 is 0 Å². The van der Waals surface area contributed by atoms with Crippen LogP contribution in [0.15, 0.2) is 12.3 Å². The molecule has 0 bridgehead atoms. The van der Waals surface area contributed by atoms with E-state index in [1.165, 1.54) is 10.9 Å². The van der Waals surface area contributed by atoms with E-state index in [1.807, 2.05) is 12.3 Å². The van der Waals surface area contributed by atoms with Gasteiger partial charge in [0.05, 0.1) is 0 Å². The van der Waals surface area contributed by atoms with E-state index in [4.69, 9.17) is 5.73 Å². The van der Waals surface area contributed by atoms with Crippen molar-refractivity contribution in [1.29, 1.82) is 0 Å². The van der Waals surface area contributed by atoms with Crippen LogP contribution in [0.25, 0.3) is 0 Å². The molecule has 0 aliphatic rings. The zero-order valence-corrected chi connectivity index (χ0v) is 7.18. The SMILES string of the molecule is CPc1cc(N)ncc1C. The number of hydrogen-bond acceptors (Lipinski definition) is 2. The summed E-state index contributed by atoms with van der Waals surface area (Å²) >= 11 is 0. The summed E-state index contributed by atoms with van der Waals surface area (Å²) in [5, 5.41) is 1.31. The zero-order valence-electron chi connectivity index (χ0n) is 6.18. The van der Waals surface area contributed by atoms with Gasteiger partial charge in [0.15, 0.2) is 0 Å². The van der Waals surface area contributed by atoms with E-state index in [9.17, 15) is 0 Å². The lowest BCUT2D eigenvalue weighted by Gasteiger charge is -2.01. The predicted molar refractivity (Wildman–Crippen MR) is 47.3 cm³/mol. The van der Waals surface area contributed by atoms with Crippen LogP contribution in [-0.2, 0) is 0 Å². The van der Waals surface area contributed by atoms with Crippen LogP contribution < -0.4 is 11.0 Å². The van der Waals surface area contributed by atoms with Crippen molar-refractivity contribution in [1.82, 2.24) is 4.98 Å². The number of rotatable bonds is 1. The van der Waals surface area contributed by atoms with Gasteiger partial charge in [0.25, 0.3) is 0 Å². The van der Waals surface area contributed by atoms with Crippen molar-refractivity contribution < 1.29 is 0 Å². The molecule has 1 aromatic heterocycles. The maximum atomic E-state index is 5.50. The molecule has 0 aromatic carbocycles. The fraction of sp³-hybridized carbons (Fsp3) is 0.286. The molecule has 0 fully saturated rings. The molecule has 54 valence electrons. The van der Waals surface area contributed by atoms with Crippen LogP contribution in [0.3, 0.4) is 0 Å². The molecule has 0 saturated heterocycles. The smallest absolute Gasteiger partial charge is 0.123 e. The summed E-state index contributed by atoms with van der Waals surface area (Å²) in [7, 11) is 0.805. The Morgan fingerprint density at radius 2 is 2.30 bits per heavy atom. The minimum Gasteiger partial charge on any atom is -0.384 e. The molecule has 1 atom stereocenters. The standard InChI is InChI=1S/C7H11N2P/c1-5-4-9-7(8)3-6(5)10-2/h3-4,10H,1-2H3,(H2,8,9). The van der Waals surface area contributed by atoms with E-state index >= 15 is 0 Å². The zero-order chi connectivity index (χ0) is 7.56. The highest BCUT2D eigenvalue weighted by atomic mass is 31.1. The molecule has 0 radical (unpaired) electrons. The number of aryl methyl sites for hydroxylation is 1. The Balaban J connectivity index is 3.09. The number of aromatic nitrogens is 1. The first-order valence-electron chi connectivity index (χ1n) is 3.14. The van der Waals surface area contributed by atoms with E-state index < -0.39 is 0 Å². The van der Waals surface area contributed by atoms with Crippen LogP contribution in [0, 0.1) is 6.92 Å². The third-order valence-corrected chi connectivity index (χ3v) is 2.47. The van der Waals surface area contributed by atoms with Gasteiger partial charge in [-0.3, -0.25) is 0 Å². The van der Waals surface area contributed by atoms with Crippen molar-refractivity contribution in [2.45, 2.75) is 6.92 Å². The fourth-order valence-corrected chi connectivity index (χ4v) is 1.56. The molecule has 10 heavy (non-hydrogen) atoms. The van der Waals surface area contributed by atoms with Gasteiger partial charge in [-0.05, 0) is 30.5 Å². The molecule has 3 heteroatoms. The highest BCUT2D eigenvalue weighted by molar-refractivity contribution is 7.46. The second-order valence-electron chi connectivity index (χ2n) is 2.17. The maximum absolute atomic E-state index is 5.50. The van der Waals surface area contributed by atoms with E-state index in [0.29, 0.717) is 5.82 Å². The van der Waals surface area contributed by atoms with Gasteiger partial charge < -0.3 is 5.73 Å². The summed E-state index contributed by atoms with van der Waals surface area (Å²) in [6.07, 6.45) is 1.82. The maximum Gasteiger partial charge on any atom is 0.123 e. The topological polar surface area (TPSA) is 38.9 Å². The molecule has 1 aromatic rings. The molecule has 2 nitrogen and oxygen atoms in total. The molecule has 2 N–H and O–H groups in total. The molecule has 0 amide bonds. The van der Waals surface area contributed by atoms with Gasteiger partial charge in [-0.25, -0.2) is 4.98 Å². The molecular formula is C7H11N2P. The van der Waals surface area contributed by atoms with Crippen molar-refractivity contribution in [3.05, 3.63) is 17.8 Å². The largest absolute Gasteiger partial charge is 0.384 e. The first-order chi connectivity index (χ1) is 4.74. The predicted octanol–water partition coefficient (Wildman–Crippen LogP) is 0.906. The number of hydrogen-bond donors (Lipinski definition) is 1. The van der Waals surface area contributed by atoms with Crippen LogP contribution in [0.5, 0.6) is 0 Å². The average molecular weight is 154 g/mol. The quantitative estimate of drug-likeness (QED) is 0.610. The van der Waals surface area contributed by atoms with Gasteiger partial charge in [0, 0.05) is 6.20 Å². The lowest BCUT2D eigenvalue weighted by atomic mass is 10.3. The molecule has 1 heterocycles.